The smallest absolute Gasteiger partial charge is 0.378 e. The van der Waals surface area contributed by atoms with Crippen LogP contribution < -0.4 is 33.8 Å². The second kappa shape index (κ2) is 11.6. The molecule has 4 aromatic rings. The van der Waals surface area contributed by atoms with Gasteiger partial charge in [-0.25, -0.2) is 18.6 Å². The topological polar surface area (TPSA) is 121 Å². The van der Waals surface area contributed by atoms with E-state index >= 15 is 0 Å². The fraction of sp³-hybridized carbons (Fsp3) is 0.0769. The van der Waals surface area contributed by atoms with Crippen molar-refractivity contribution in [2.45, 2.75) is 0 Å². The zero-order chi connectivity index (χ0) is 25.4. The highest BCUT2D eigenvalue weighted by Crippen LogP contribution is 2.15. The van der Waals surface area contributed by atoms with Gasteiger partial charge in [0, 0.05) is 25.8 Å². The number of para-hydroxylation sites is 2. The fourth-order valence-electron chi connectivity index (χ4n) is 3.32. The van der Waals surface area contributed by atoms with Crippen molar-refractivity contribution in [2.24, 2.45) is 0 Å². The lowest BCUT2D eigenvalue weighted by atomic mass is 10.1. The number of nitrogens with zero attached hydrogens (tertiary/aromatic N) is 3. The summed E-state index contributed by atoms with van der Waals surface area (Å²) in [4.78, 5) is 15.5. The van der Waals surface area contributed by atoms with Gasteiger partial charge in [-0.1, -0.05) is 54.6 Å². The number of benzene rings is 3. The summed E-state index contributed by atoms with van der Waals surface area (Å²) in [7, 11) is -0.898. The Hall–Kier alpha value is -3.79. The lowest BCUT2D eigenvalue weighted by Gasteiger charge is -2.17. The number of rotatable bonds is 5. The van der Waals surface area contributed by atoms with Crippen LogP contribution in [0.4, 0.5) is 5.69 Å². The average Bonchev–Trinajstić information content (AvgIpc) is 2.83. The van der Waals surface area contributed by atoms with Gasteiger partial charge in [-0.05, 0) is 48.0 Å². The molecule has 0 spiro atoms. The Bertz CT molecular complexity index is 1310. The number of aromatic nitrogens is 2. The molecule has 0 radical (unpaired) electrons. The Balaban J connectivity index is 0.000000623. The Morgan fingerprint density at radius 1 is 0.771 bits per heavy atom. The van der Waals surface area contributed by atoms with Gasteiger partial charge in [-0.3, -0.25) is 0 Å². The van der Waals surface area contributed by atoms with Gasteiger partial charge < -0.3 is 4.90 Å². The molecule has 0 saturated carbocycles. The van der Waals surface area contributed by atoms with Gasteiger partial charge >= 0.3 is 5.69 Å². The number of hydrogen-bond donors (Lipinski definition) is 0. The van der Waals surface area contributed by atoms with Crippen molar-refractivity contribution in [2.75, 3.05) is 19.0 Å². The summed E-state index contributed by atoms with van der Waals surface area (Å²) in [6.45, 7) is 0. The molecule has 0 unspecified atom stereocenters. The quantitative estimate of drug-likeness (QED) is 0.349. The molecule has 0 aliphatic rings. The van der Waals surface area contributed by atoms with E-state index < -0.39 is 10.2 Å². The Labute approximate surface area is 205 Å². The van der Waals surface area contributed by atoms with Crippen molar-refractivity contribution in [1.82, 2.24) is 4.57 Å². The van der Waals surface area contributed by atoms with Crippen LogP contribution in [0.5, 0.6) is 0 Å². The van der Waals surface area contributed by atoms with E-state index in [1.165, 1.54) is 0 Å². The van der Waals surface area contributed by atoms with E-state index in [9.17, 15) is 4.79 Å². The van der Waals surface area contributed by atoms with Gasteiger partial charge in [0.25, 0.3) is 0 Å². The minimum atomic E-state index is -4.94. The summed E-state index contributed by atoms with van der Waals surface area (Å²) in [5.41, 5.74) is 4.59. The number of anilines is 1. The molecule has 9 heteroatoms. The van der Waals surface area contributed by atoms with Gasteiger partial charge in [0.05, 0.1) is 0 Å². The van der Waals surface area contributed by atoms with Gasteiger partial charge in [0.2, 0.25) is 0 Å². The monoisotopic (exact) mass is 493 g/mol. The summed E-state index contributed by atoms with van der Waals surface area (Å²) in [6.07, 6.45) is 5.83. The molecule has 1 aromatic heterocycles. The molecular weight excluding hydrogens is 470 g/mol. The fourth-order valence-corrected chi connectivity index (χ4v) is 3.32. The van der Waals surface area contributed by atoms with Gasteiger partial charge in [-0.2, -0.15) is 13.9 Å². The molecule has 0 aliphatic carbocycles. The van der Waals surface area contributed by atoms with Crippen LogP contribution in [-0.4, -0.2) is 18.7 Å². The minimum Gasteiger partial charge on any atom is -0.378 e. The second-order valence-electron chi connectivity index (χ2n) is 7.60. The molecule has 180 valence electrons. The van der Waals surface area contributed by atoms with Crippen LogP contribution in [0.1, 0.15) is 11.3 Å². The van der Waals surface area contributed by atoms with E-state index in [0.717, 1.165) is 28.3 Å². The van der Waals surface area contributed by atoms with Crippen LogP contribution in [-0.2, 0) is 0 Å². The van der Waals surface area contributed by atoms with Crippen LogP contribution in [0.3, 0.4) is 0 Å². The summed E-state index contributed by atoms with van der Waals surface area (Å²) < 4.78 is 37.4. The predicted molar refractivity (Wildman–Crippen MR) is 123 cm³/mol. The van der Waals surface area contributed by atoms with E-state index in [1.807, 2.05) is 99.2 Å². The lowest BCUT2D eigenvalue weighted by molar-refractivity contribution is -2.00. The van der Waals surface area contributed by atoms with Crippen LogP contribution in [0.2, 0.25) is 0 Å². The van der Waals surface area contributed by atoms with Crippen molar-refractivity contribution in [3.8, 4) is 11.4 Å². The maximum atomic E-state index is 13.4. The molecule has 0 saturated heterocycles. The number of hydrogen-bond acceptors (Lipinski definition) is 6. The summed E-state index contributed by atoms with van der Waals surface area (Å²) in [5, 5.41) is 0. The molecule has 8 nitrogen and oxygen atoms in total. The summed E-state index contributed by atoms with van der Waals surface area (Å²) in [6, 6.07) is 29.7. The van der Waals surface area contributed by atoms with Crippen LogP contribution in [0.15, 0.2) is 102 Å². The number of halogens is 1. The van der Waals surface area contributed by atoms with Crippen LogP contribution >= 0.6 is 0 Å². The molecule has 1 heterocycles. The van der Waals surface area contributed by atoms with Crippen LogP contribution in [0.25, 0.3) is 23.5 Å². The van der Waals surface area contributed by atoms with Crippen molar-refractivity contribution in [3.63, 3.8) is 0 Å². The molecule has 0 atom stereocenters. The zero-order valence-electron chi connectivity index (χ0n) is 19.2. The third-order valence-corrected chi connectivity index (χ3v) is 4.95. The third kappa shape index (κ3) is 7.61. The maximum absolute atomic E-state index is 13.4. The largest absolute Gasteiger partial charge is 0.508 e. The standard InChI is InChI=1S/C26H24N3O.ClHO4/c1-27(2)22-16-13-21(14-17-22)15-18-25-19-20-28(23-9-5-3-6-10-23)26(30)29(25)24-11-7-4-8-12-24;2-1(3,4)5/h3-20H,1-2H3;(H,2,3,4,5)/q+1;/p-1. The Kier molecular flexibility index (Phi) is 8.53. The first-order valence-corrected chi connectivity index (χ1v) is 11.7. The molecule has 35 heavy (non-hydrogen) atoms. The van der Waals surface area contributed by atoms with Crippen molar-refractivity contribution >= 4 is 17.8 Å². The van der Waals surface area contributed by atoms with Crippen molar-refractivity contribution in [3.05, 3.63) is 119 Å². The molecule has 4 rings (SSSR count). The van der Waals surface area contributed by atoms with Gasteiger partial charge in [-0.15, -0.1) is 10.2 Å². The van der Waals surface area contributed by atoms with Gasteiger partial charge in [0.15, 0.2) is 0 Å². The second-order valence-corrected chi connectivity index (χ2v) is 8.35. The average molecular weight is 494 g/mol. The summed E-state index contributed by atoms with van der Waals surface area (Å²) in [5.74, 6) is 0. The highest BCUT2D eigenvalue weighted by atomic mass is 35.7. The van der Waals surface area contributed by atoms with Gasteiger partial charge in [0.1, 0.15) is 23.3 Å². The molecule has 0 N–H and O–H groups in total. The Morgan fingerprint density at radius 2 is 1.31 bits per heavy atom. The summed E-state index contributed by atoms with van der Waals surface area (Å²) >= 11 is 0. The van der Waals surface area contributed by atoms with E-state index in [2.05, 4.69) is 29.2 Å². The molecule has 0 bridgehead atoms. The van der Waals surface area contributed by atoms with Crippen molar-refractivity contribution < 1.29 is 33.4 Å². The van der Waals surface area contributed by atoms with Crippen LogP contribution in [0, 0.1) is 10.2 Å². The molecule has 0 amide bonds. The SMILES string of the molecule is CN(C)c1ccc(/C=C/c2cc[n+](-c3ccccc3)c(=O)n2-c2ccccc2)cc1.[O-][Cl+3]([O-])([O-])[O-]. The van der Waals surface area contributed by atoms with E-state index in [-0.39, 0.29) is 5.69 Å². The van der Waals surface area contributed by atoms with E-state index in [4.69, 9.17) is 18.6 Å². The van der Waals surface area contributed by atoms with Crippen molar-refractivity contribution in [1.29, 1.82) is 0 Å². The molecule has 0 aliphatic heterocycles. The van der Waals surface area contributed by atoms with E-state index in [0.29, 0.717) is 0 Å². The first-order valence-electron chi connectivity index (χ1n) is 10.5. The zero-order valence-corrected chi connectivity index (χ0v) is 19.9. The maximum Gasteiger partial charge on any atom is 0.508 e. The Morgan fingerprint density at radius 3 is 1.86 bits per heavy atom. The molecular formula is C26H24ClN3O5. The normalized spacial score (nSPS) is 11.1. The lowest BCUT2D eigenvalue weighted by Crippen LogP contribution is -2.68. The van der Waals surface area contributed by atoms with E-state index in [1.54, 1.807) is 9.13 Å². The molecule has 3 aromatic carbocycles. The molecule has 0 fully saturated rings. The highest BCUT2D eigenvalue weighted by molar-refractivity contribution is 5.69. The first-order chi connectivity index (χ1) is 16.6. The third-order valence-electron chi connectivity index (χ3n) is 4.95. The predicted octanol–water partition coefficient (Wildman–Crippen LogP) is -0.405. The minimum absolute atomic E-state index is 0.113. The highest BCUT2D eigenvalue weighted by Gasteiger charge is 2.18. The first kappa shape index (κ1) is 25.8.